The Morgan fingerprint density at radius 3 is 2.85 bits per heavy atom. The first-order valence-electron chi connectivity index (χ1n) is 9.93. The maximum absolute atomic E-state index is 13.5. The average molecular weight is 486 g/mol. The van der Waals surface area contributed by atoms with E-state index in [9.17, 15) is 26.4 Å². The van der Waals surface area contributed by atoms with Gasteiger partial charge in [-0.25, -0.2) is 13.4 Å². The van der Waals surface area contributed by atoms with E-state index >= 15 is 0 Å². The van der Waals surface area contributed by atoms with Gasteiger partial charge < -0.3 is 20.7 Å². The van der Waals surface area contributed by atoms with Crippen molar-refractivity contribution in [3.63, 3.8) is 0 Å². The Labute approximate surface area is 187 Å². The highest BCUT2D eigenvalue weighted by atomic mass is 32.2. The summed E-state index contributed by atoms with van der Waals surface area (Å²) in [6.07, 6.45) is -3.41. The van der Waals surface area contributed by atoms with Gasteiger partial charge in [-0.05, 0) is 23.8 Å². The van der Waals surface area contributed by atoms with Gasteiger partial charge in [0.05, 0.1) is 25.4 Å². The lowest BCUT2D eigenvalue weighted by molar-refractivity contribution is -0.137. The highest BCUT2D eigenvalue weighted by Crippen LogP contribution is 2.34. The summed E-state index contributed by atoms with van der Waals surface area (Å²) in [6.45, 7) is 0.258. The number of carbonyl (C=O) groups excluding carboxylic acids is 1. The predicted octanol–water partition coefficient (Wildman–Crippen LogP) is 1.81. The molecule has 0 aliphatic carbocycles. The Hall–Kier alpha value is -2.97. The number of halogens is 3. The van der Waals surface area contributed by atoms with Crippen LogP contribution in [0, 0.1) is 0 Å². The molecule has 1 unspecified atom stereocenters. The van der Waals surface area contributed by atoms with Crippen LogP contribution in [0.25, 0.3) is 0 Å². The van der Waals surface area contributed by atoms with Crippen molar-refractivity contribution in [3.05, 3.63) is 35.5 Å². The van der Waals surface area contributed by atoms with Crippen LogP contribution in [0.4, 0.5) is 36.3 Å². The van der Waals surface area contributed by atoms with Crippen LogP contribution in [-0.2, 0) is 32.2 Å². The van der Waals surface area contributed by atoms with Crippen molar-refractivity contribution < 1.29 is 31.1 Å². The zero-order valence-corrected chi connectivity index (χ0v) is 18.3. The lowest BCUT2D eigenvalue weighted by atomic mass is 10.1. The Morgan fingerprint density at radius 2 is 2.12 bits per heavy atom. The highest BCUT2D eigenvalue weighted by Gasteiger charge is 2.36. The van der Waals surface area contributed by atoms with E-state index in [0.29, 0.717) is 17.6 Å². The summed E-state index contributed by atoms with van der Waals surface area (Å²) in [5.41, 5.74) is 0.875. The number of aromatic nitrogens is 2. The fourth-order valence-corrected chi connectivity index (χ4v) is 4.39. The molecule has 1 amide bonds. The third-order valence-electron chi connectivity index (χ3n) is 5.15. The zero-order valence-electron chi connectivity index (χ0n) is 17.4. The summed E-state index contributed by atoms with van der Waals surface area (Å²) in [4.78, 5) is 19.2. The van der Waals surface area contributed by atoms with Crippen molar-refractivity contribution in [2.45, 2.75) is 18.7 Å². The lowest BCUT2D eigenvalue weighted by Crippen LogP contribution is -2.47. The molecule has 2 aliphatic heterocycles. The van der Waals surface area contributed by atoms with Crippen molar-refractivity contribution >= 4 is 39.1 Å². The van der Waals surface area contributed by atoms with E-state index < -0.39 is 33.7 Å². The van der Waals surface area contributed by atoms with Gasteiger partial charge in [0.15, 0.2) is 0 Å². The molecule has 33 heavy (non-hydrogen) atoms. The normalized spacial score (nSPS) is 19.2. The molecule has 178 valence electrons. The summed E-state index contributed by atoms with van der Waals surface area (Å²) in [7, 11) is -3.44. The molecule has 1 saturated heterocycles. The second kappa shape index (κ2) is 8.76. The number of alkyl halides is 3. The fraction of sp³-hybridized carbons (Fsp3) is 0.421. The minimum absolute atomic E-state index is 0.0191. The first-order chi connectivity index (χ1) is 15.5. The topological polar surface area (TPSA) is 126 Å². The van der Waals surface area contributed by atoms with Crippen LogP contribution in [0.2, 0.25) is 0 Å². The number of nitrogens with one attached hydrogen (secondary N) is 3. The van der Waals surface area contributed by atoms with Crippen LogP contribution in [0.15, 0.2) is 24.4 Å². The number of nitrogens with zero attached hydrogens (tertiary/aromatic N) is 3. The van der Waals surface area contributed by atoms with E-state index in [-0.39, 0.29) is 44.5 Å². The Bertz CT molecular complexity index is 1170. The van der Waals surface area contributed by atoms with Gasteiger partial charge in [-0.3, -0.25) is 4.79 Å². The fourth-order valence-electron chi connectivity index (χ4n) is 3.55. The number of hydrogen-bond acceptors (Lipinski definition) is 8. The largest absolute Gasteiger partial charge is 0.421 e. The number of anilines is 4. The van der Waals surface area contributed by atoms with Crippen molar-refractivity contribution in [1.29, 1.82) is 0 Å². The summed E-state index contributed by atoms with van der Waals surface area (Å²) < 4.78 is 70.6. The number of amides is 1. The second-order valence-corrected chi connectivity index (χ2v) is 9.65. The standard InChI is InChI=1S/C19H21F3N6O4S/c1-33(30,31)28-4-5-32-13(10-28)8-23-17-14(19(20,21)22)9-24-18(27-17)25-12-2-3-15-11(6-12)7-16(29)26-15/h2-3,6,9,13H,4-5,7-8,10H2,1H3,(H,26,29)(H2,23,24,25,27). The van der Waals surface area contributed by atoms with Gasteiger partial charge in [0.1, 0.15) is 11.4 Å². The van der Waals surface area contributed by atoms with Crippen molar-refractivity contribution in [2.75, 3.05) is 48.4 Å². The molecule has 0 saturated carbocycles. The van der Waals surface area contributed by atoms with E-state index in [0.717, 1.165) is 11.8 Å². The first kappa shape index (κ1) is 23.2. The summed E-state index contributed by atoms with van der Waals surface area (Å²) in [5, 5.41) is 8.16. The van der Waals surface area contributed by atoms with Crippen molar-refractivity contribution in [1.82, 2.24) is 14.3 Å². The van der Waals surface area contributed by atoms with E-state index in [4.69, 9.17) is 4.74 Å². The molecular weight excluding hydrogens is 465 g/mol. The van der Waals surface area contributed by atoms with Crippen LogP contribution in [0.1, 0.15) is 11.1 Å². The van der Waals surface area contributed by atoms with Crippen LogP contribution >= 0.6 is 0 Å². The molecule has 4 rings (SSSR count). The molecule has 0 radical (unpaired) electrons. The van der Waals surface area contributed by atoms with E-state index in [1.165, 1.54) is 4.31 Å². The van der Waals surface area contributed by atoms with E-state index in [1.54, 1.807) is 18.2 Å². The molecule has 3 heterocycles. The average Bonchev–Trinajstić information content (AvgIpc) is 3.10. The molecule has 0 spiro atoms. The maximum Gasteiger partial charge on any atom is 0.421 e. The predicted molar refractivity (Wildman–Crippen MR) is 114 cm³/mol. The van der Waals surface area contributed by atoms with E-state index in [2.05, 4.69) is 25.9 Å². The molecule has 14 heteroatoms. The van der Waals surface area contributed by atoms with Gasteiger partial charge >= 0.3 is 6.18 Å². The number of hydrogen-bond donors (Lipinski definition) is 3. The number of rotatable bonds is 6. The SMILES string of the molecule is CS(=O)(=O)N1CCOC(CNc2nc(Nc3ccc4c(c3)CC(=O)N4)ncc2C(F)(F)F)C1. The summed E-state index contributed by atoms with van der Waals surface area (Å²) in [5.74, 6) is -0.679. The van der Waals surface area contributed by atoms with Crippen LogP contribution in [0.3, 0.4) is 0 Å². The van der Waals surface area contributed by atoms with Crippen LogP contribution in [0.5, 0.6) is 0 Å². The molecule has 0 bridgehead atoms. The van der Waals surface area contributed by atoms with Crippen molar-refractivity contribution in [3.8, 4) is 0 Å². The number of ether oxygens (including phenoxy) is 1. The molecule has 1 aromatic heterocycles. The highest BCUT2D eigenvalue weighted by molar-refractivity contribution is 7.88. The molecule has 1 aromatic carbocycles. The minimum atomic E-state index is -4.70. The quantitative estimate of drug-likeness (QED) is 0.565. The number of morpholine rings is 1. The van der Waals surface area contributed by atoms with E-state index in [1.807, 2.05) is 0 Å². The Morgan fingerprint density at radius 1 is 1.33 bits per heavy atom. The monoisotopic (exact) mass is 486 g/mol. The first-order valence-corrected chi connectivity index (χ1v) is 11.8. The van der Waals surface area contributed by atoms with Crippen molar-refractivity contribution in [2.24, 2.45) is 0 Å². The molecule has 1 fully saturated rings. The summed E-state index contributed by atoms with van der Waals surface area (Å²) in [6, 6.07) is 5.02. The van der Waals surface area contributed by atoms with Gasteiger partial charge in [-0.2, -0.15) is 22.5 Å². The number of benzene rings is 1. The molecule has 2 aromatic rings. The van der Waals surface area contributed by atoms with Gasteiger partial charge in [0.25, 0.3) is 0 Å². The van der Waals surface area contributed by atoms with Crippen LogP contribution in [-0.4, -0.2) is 67.2 Å². The molecule has 1 atom stereocenters. The van der Waals surface area contributed by atoms with Gasteiger partial charge in [-0.1, -0.05) is 0 Å². The third kappa shape index (κ3) is 5.51. The number of fused-ring (bicyclic) bond motifs is 1. The Kier molecular flexibility index (Phi) is 6.16. The molecule has 10 nitrogen and oxygen atoms in total. The number of carbonyl (C=O) groups is 1. The van der Waals surface area contributed by atoms with Gasteiger partial charge in [0, 0.05) is 37.2 Å². The zero-order chi connectivity index (χ0) is 23.8. The smallest absolute Gasteiger partial charge is 0.374 e. The molecular formula is C19H21F3N6O4S. The minimum Gasteiger partial charge on any atom is -0.374 e. The number of sulfonamides is 1. The lowest BCUT2D eigenvalue weighted by Gasteiger charge is -2.31. The molecule has 2 aliphatic rings. The molecule has 3 N–H and O–H groups in total. The second-order valence-electron chi connectivity index (χ2n) is 7.67. The summed E-state index contributed by atoms with van der Waals surface area (Å²) >= 11 is 0. The Balaban J connectivity index is 1.51. The maximum atomic E-state index is 13.5. The van der Waals surface area contributed by atoms with Gasteiger partial charge in [-0.15, -0.1) is 0 Å². The third-order valence-corrected chi connectivity index (χ3v) is 6.42. The van der Waals surface area contributed by atoms with Gasteiger partial charge in [0.2, 0.25) is 21.9 Å². The van der Waals surface area contributed by atoms with Crippen LogP contribution < -0.4 is 16.0 Å².